The topological polar surface area (TPSA) is 12.9 Å². The highest BCUT2D eigenvalue weighted by molar-refractivity contribution is 7.28. The van der Waals surface area contributed by atoms with Crippen molar-refractivity contribution in [2.45, 2.75) is 19.6 Å². The average molecular weight is 233 g/mol. The van der Waals surface area contributed by atoms with Gasteiger partial charge in [-0.25, -0.2) is 4.98 Å². The van der Waals surface area contributed by atoms with Gasteiger partial charge in [-0.1, -0.05) is 50.0 Å². The summed E-state index contributed by atoms with van der Waals surface area (Å²) in [5, 5.41) is 1.15. The zero-order valence-corrected chi connectivity index (χ0v) is 11.1. The van der Waals surface area contributed by atoms with Crippen molar-refractivity contribution in [3.05, 3.63) is 36.5 Å². The van der Waals surface area contributed by atoms with Crippen molar-refractivity contribution in [2.75, 3.05) is 0 Å². The van der Waals surface area contributed by atoms with Crippen LogP contribution < -0.4 is 4.50 Å². The number of nitrogens with zero attached hydrogens (tertiary/aromatic N) is 1. The molecule has 0 saturated heterocycles. The van der Waals surface area contributed by atoms with E-state index >= 15 is 0 Å². The second-order valence-corrected chi connectivity index (χ2v) is 11.1. The van der Waals surface area contributed by atoms with Crippen molar-refractivity contribution in [3.63, 3.8) is 0 Å². The van der Waals surface area contributed by atoms with Gasteiger partial charge in [0.1, 0.15) is 5.01 Å². The second-order valence-electron chi connectivity index (χ2n) is 4.65. The van der Waals surface area contributed by atoms with Gasteiger partial charge in [0.25, 0.3) is 0 Å². The first kappa shape index (κ1) is 10.6. The molecule has 0 fully saturated rings. The molecule has 1 nitrogen and oxygen atoms in total. The van der Waals surface area contributed by atoms with E-state index in [9.17, 15) is 0 Å². The Morgan fingerprint density at radius 1 is 1.07 bits per heavy atom. The molecule has 2 aromatic rings. The normalized spacial score (nSPS) is 11.7. The minimum Gasteiger partial charge on any atom is -0.245 e. The molecule has 0 spiro atoms. The van der Waals surface area contributed by atoms with Crippen molar-refractivity contribution in [2.24, 2.45) is 0 Å². The fourth-order valence-corrected chi connectivity index (χ4v) is 3.97. The molecule has 0 N–H and O–H groups in total. The van der Waals surface area contributed by atoms with Crippen LogP contribution in [0.3, 0.4) is 0 Å². The Morgan fingerprint density at radius 3 is 2.27 bits per heavy atom. The zero-order valence-electron chi connectivity index (χ0n) is 9.32. The Kier molecular flexibility index (Phi) is 2.76. The molecule has 2 rings (SSSR count). The van der Waals surface area contributed by atoms with E-state index in [1.54, 1.807) is 0 Å². The number of aromatic nitrogens is 1. The fraction of sp³-hybridized carbons (Fsp3) is 0.250. The van der Waals surface area contributed by atoms with Crippen LogP contribution >= 0.6 is 11.3 Å². The molecule has 0 radical (unpaired) electrons. The van der Waals surface area contributed by atoms with Gasteiger partial charge in [-0.3, -0.25) is 0 Å². The van der Waals surface area contributed by atoms with Gasteiger partial charge in [0, 0.05) is 16.3 Å². The highest BCUT2D eigenvalue weighted by atomic mass is 32.1. The van der Waals surface area contributed by atoms with Crippen LogP contribution in [-0.2, 0) is 0 Å². The van der Waals surface area contributed by atoms with Crippen molar-refractivity contribution < 1.29 is 0 Å². The molecule has 15 heavy (non-hydrogen) atoms. The summed E-state index contributed by atoms with van der Waals surface area (Å²) in [4.78, 5) is 4.51. The van der Waals surface area contributed by atoms with E-state index in [0.717, 1.165) is 5.01 Å². The number of hydrogen-bond donors (Lipinski definition) is 0. The number of thiazole rings is 1. The molecule has 0 atom stereocenters. The molecule has 0 saturated carbocycles. The summed E-state index contributed by atoms with van der Waals surface area (Å²) in [6, 6.07) is 10.4. The van der Waals surface area contributed by atoms with E-state index in [2.05, 4.69) is 55.1 Å². The van der Waals surface area contributed by atoms with Gasteiger partial charge in [0.05, 0.1) is 8.07 Å². The number of benzene rings is 1. The van der Waals surface area contributed by atoms with Gasteiger partial charge < -0.3 is 0 Å². The van der Waals surface area contributed by atoms with E-state index in [1.165, 1.54) is 10.1 Å². The molecular weight excluding hydrogens is 218 g/mol. The van der Waals surface area contributed by atoms with Crippen LogP contribution in [-0.4, -0.2) is 13.1 Å². The highest BCUT2D eigenvalue weighted by Gasteiger charge is 2.19. The maximum absolute atomic E-state index is 4.51. The molecule has 0 bridgehead atoms. The molecule has 0 aliphatic carbocycles. The maximum atomic E-state index is 4.51. The van der Waals surface area contributed by atoms with E-state index in [4.69, 9.17) is 0 Å². The van der Waals surface area contributed by atoms with Gasteiger partial charge in [0.2, 0.25) is 0 Å². The molecule has 0 aliphatic rings. The molecule has 3 heteroatoms. The standard InChI is InChI=1S/C12H15NSSi/c1-15(2,3)11-9-13-12(14-11)10-7-5-4-6-8-10/h4-9H,1-3H3. The van der Waals surface area contributed by atoms with Crippen LogP contribution in [0.4, 0.5) is 0 Å². The second kappa shape index (κ2) is 3.91. The van der Waals surface area contributed by atoms with Gasteiger partial charge in [-0.05, 0) is 0 Å². The van der Waals surface area contributed by atoms with E-state index in [0.29, 0.717) is 0 Å². The third-order valence-corrected chi connectivity index (χ3v) is 6.88. The van der Waals surface area contributed by atoms with Crippen LogP contribution in [0.15, 0.2) is 36.5 Å². The lowest BCUT2D eigenvalue weighted by Crippen LogP contribution is -2.34. The lowest BCUT2D eigenvalue weighted by atomic mass is 10.2. The monoisotopic (exact) mass is 233 g/mol. The summed E-state index contributed by atoms with van der Waals surface area (Å²) in [6.45, 7) is 7.07. The summed E-state index contributed by atoms with van der Waals surface area (Å²) < 4.78 is 1.47. The molecule has 1 aromatic heterocycles. The summed E-state index contributed by atoms with van der Waals surface area (Å²) in [5.74, 6) is 0. The first-order chi connectivity index (χ1) is 7.07. The zero-order chi connectivity index (χ0) is 10.9. The van der Waals surface area contributed by atoms with Crippen molar-refractivity contribution >= 4 is 23.9 Å². The van der Waals surface area contributed by atoms with Gasteiger partial charge in [-0.15, -0.1) is 11.3 Å². The minimum absolute atomic E-state index is 1.15. The molecule has 1 aromatic carbocycles. The predicted molar refractivity (Wildman–Crippen MR) is 70.5 cm³/mol. The van der Waals surface area contributed by atoms with Crippen molar-refractivity contribution in [1.82, 2.24) is 4.98 Å². The van der Waals surface area contributed by atoms with E-state index < -0.39 is 8.07 Å². The summed E-state index contributed by atoms with van der Waals surface area (Å²) in [6.07, 6.45) is 2.05. The third kappa shape index (κ3) is 2.36. The van der Waals surface area contributed by atoms with Crippen LogP contribution in [0.5, 0.6) is 0 Å². The minimum atomic E-state index is -1.19. The van der Waals surface area contributed by atoms with Crippen LogP contribution in [0.2, 0.25) is 19.6 Å². The first-order valence-corrected chi connectivity index (χ1v) is 9.41. The van der Waals surface area contributed by atoms with Crippen LogP contribution in [0.25, 0.3) is 10.6 Å². The molecule has 1 heterocycles. The largest absolute Gasteiger partial charge is 0.245 e. The summed E-state index contributed by atoms with van der Waals surface area (Å²) in [5.41, 5.74) is 1.23. The molecule has 78 valence electrons. The van der Waals surface area contributed by atoms with E-state index in [-0.39, 0.29) is 0 Å². The van der Waals surface area contributed by atoms with Crippen molar-refractivity contribution in [3.8, 4) is 10.6 Å². The Morgan fingerprint density at radius 2 is 1.73 bits per heavy atom. The van der Waals surface area contributed by atoms with Crippen molar-refractivity contribution in [1.29, 1.82) is 0 Å². The number of hydrogen-bond acceptors (Lipinski definition) is 2. The Balaban J connectivity index is 2.37. The fourth-order valence-electron chi connectivity index (χ4n) is 1.34. The first-order valence-electron chi connectivity index (χ1n) is 5.09. The lowest BCUT2D eigenvalue weighted by molar-refractivity contribution is 1.42. The van der Waals surface area contributed by atoms with Gasteiger partial charge in [0.15, 0.2) is 0 Å². The lowest BCUT2D eigenvalue weighted by Gasteiger charge is -2.11. The Labute approximate surface area is 95.8 Å². The highest BCUT2D eigenvalue weighted by Crippen LogP contribution is 2.21. The smallest absolute Gasteiger partial charge is 0.123 e. The SMILES string of the molecule is C[Si](C)(C)c1cnc(-c2ccccc2)s1. The molecule has 0 unspecified atom stereocenters. The van der Waals surface area contributed by atoms with Crippen LogP contribution in [0.1, 0.15) is 0 Å². The Hall–Kier alpha value is -0.933. The molecular formula is C12H15NSSi. The predicted octanol–water partition coefficient (Wildman–Crippen LogP) is 3.36. The average Bonchev–Trinajstić information content (AvgIpc) is 2.67. The number of rotatable bonds is 2. The molecule has 0 aliphatic heterocycles. The maximum Gasteiger partial charge on any atom is 0.123 e. The summed E-state index contributed by atoms with van der Waals surface area (Å²) >= 11 is 1.84. The quantitative estimate of drug-likeness (QED) is 0.725. The Bertz CT molecular complexity index is 442. The van der Waals surface area contributed by atoms with Gasteiger partial charge >= 0.3 is 0 Å². The van der Waals surface area contributed by atoms with Gasteiger partial charge in [-0.2, -0.15) is 0 Å². The molecule has 0 amide bonds. The third-order valence-electron chi connectivity index (χ3n) is 2.27. The van der Waals surface area contributed by atoms with Crippen LogP contribution in [0, 0.1) is 0 Å². The summed E-state index contributed by atoms with van der Waals surface area (Å²) in [7, 11) is -1.19. The van der Waals surface area contributed by atoms with E-state index in [1.807, 2.05) is 17.4 Å².